The predicted molar refractivity (Wildman–Crippen MR) is 68.7 cm³/mol. The van der Waals surface area contributed by atoms with Crippen molar-refractivity contribution in [1.82, 2.24) is 5.32 Å². The molecule has 1 atom stereocenters. The van der Waals surface area contributed by atoms with Crippen LogP contribution in [-0.2, 0) is 5.54 Å². The molecule has 1 aliphatic rings. The van der Waals surface area contributed by atoms with Crippen LogP contribution in [0.1, 0.15) is 24.8 Å². The van der Waals surface area contributed by atoms with Crippen LogP contribution in [0.3, 0.4) is 0 Å². The van der Waals surface area contributed by atoms with Crippen molar-refractivity contribution < 1.29 is 9.47 Å². The first kappa shape index (κ1) is 12.7. The minimum absolute atomic E-state index is 0.586. The molecule has 0 radical (unpaired) electrons. The lowest BCUT2D eigenvalue weighted by Gasteiger charge is -2.32. The lowest BCUT2D eigenvalue weighted by molar-refractivity contribution is 0.324. The monoisotopic (exact) mass is 246 g/mol. The zero-order valence-electron chi connectivity index (χ0n) is 10.8. The van der Waals surface area contributed by atoms with Crippen LogP contribution in [0.15, 0.2) is 18.2 Å². The van der Waals surface area contributed by atoms with Crippen LogP contribution in [0.25, 0.3) is 0 Å². The molecular weight excluding hydrogens is 228 g/mol. The Hall–Kier alpha value is -1.73. The number of benzene rings is 1. The summed E-state index contributed by atoms with van der Waals surface area (Å²) in [5, 5.41) is 12.8. The van der Waals surface area contributed by atoms with Crippen molar-refractivity contribution in [3.05, 3.63) is 23.8 Å². The minimum Gasteiger partial charge on any atom is -0.493 e. The Labute approximate surface area is 108 Å². The summed E-state index contributed by atoms with van der Waals surface area (Å²) < 4.78 is 10.5. The predicted octanol–water partition coefficient (Wildman–Crippen LogP) is 2.20. The van der Waals surface area contributed by atoms with E-state index < -0.39 is 5.54 Å². The van der Waals surface area contributed by atoms with Crippen molar-refractivity contribution in [2.45, 2.75) is 24.8 Å². The molecular formula is C14H18N2O2. The molecule has 18 heavy (non-hydrogen) atoms. The molecule has 4 nitrogen and oxygen atoms in total. The Balaban J connectivity index is 2.40. The van der Waals surface area contributed by atoms with E-state index in [1.807, 2.05) is 18.2 Å². The Morgan fingerprint density at radius 1 is 1.22 bits per heavy atom. The fourth-order valence-corrected chi connectivity index (χ4v) is 2.41. The van der Waals surface area contributed by atoms with Gasteiger partial charge in [-0.15, -0.1) is 0 Å². The zero-order chi connectivity index (χ0) is 13.0. The fourth-order valence-electron chi connectivity index (χ4n) is 2.41. The third kappa shape index (κ3) is 2.14. The average molecular weight is 246 g/mol. The highest BCUT2D eigenvalue weighted by Crippen LogP contribution is 2.35. The topological polar surface area (TPSA) is 54.3 Å². The van der Waals surface area contributed by atoms with Gasteiger partial charge in [0.2, 0.25) is 0 Å². The van der Waals surface area contributed by atoms with Gasteiger partial charge in [0.05, 0.1) is 20.3 Å². The van der Waals surface area contributed by atoms with Gasteiger partial charge in [-0.25, -0.2) is 0 Å². The highest BCUT2D eigenvalue weighted by atomic mass is 16.5. The molecule has 4 heteroatoms. The van der Waals surface area contributed by atoms with E-state index in [1.165, 1.54) is 0 Å². The molecule has 0 amide bonds. The number of nitrogens with zero attached hydrogens (tertiary/aromatic N) is 1. The van der Waals surface area contributed by atoms with Gasteiger partial charge >= 0.3 is 0 Å². The van der Waals surface area contributed by atoms with E-state index >= 15 is 0 Å². The van der Waals surface area contributed by atoms with E-state index in [9.17, 15) is 5.26 Å². The zero-order valence-corrected chi connectivity index (χ0v) is 10.8. The molecule has 1 unspecified atom stereocenters. The van der Waals surface area contributed by atoms with Crippen molar-refractivity contribution in [2.75, 3.05) is 20.8 Å². The molecule has 1 aromatic rings. The lowest BCUT2D eigenvalue weighted by Crippen LogP contribution is -2.44. The number of ether oxygens (including phenoxy) is 2. The Kier molecular flexibility index (Phi) is 3.73. The molecule has 0 aromatic heterocycles. The molecule has 0 spiro atoms. The number of hydrogen-bond acceptors (Lipinski definition) is 4. The van der Waals surface area contributed by atoms with E-state index in [0.717, 1.165) is 31.4 Å². The van der Waals surface area contributed by atoms with Crippen LogP contribution in [0, 0.1) is 11.3 Å². The van der Waals surface area contributed by atoms with Crippen molar-refractivity contribution in [3.8, 4) is 17.6 Å². The normalized spacial score (nSPS) is 23.2. The van der Waals surface area contributed by atoms with Gasteiger partial charge in [-0.1, -0.05) is 6.07 Å². The van der Waals surface area contributed by atoms with Gasteiger partial charge in [0.15, 0.2) is 11.5 Å². The maximum Gasteiger partial charge on any atom is 0.161 e. The van der Waals surface area contributed by atoms with Crippen LogP contribution >= 0.6 is 0 Å². The third-order valence-electron chi connectivity index (χ3n) is 3.47. The SMILES string of the molecule is COc1ccc(C2(C#N)CCCCN2)cc1OC. The van der Waals surface area contributed by atoms with Gasteiger partial charge in [0.1, 0.15) is 5.54 Å². The summed E-state index contributed by atoms with van der Waals surface area (Å²) in [5.74, 6) is 1.35. The van der Waals surface area contributed by atoms with Crippen LogP contribution < -0.4 is 14.8 Å². The molecule has 1 fully saturated rings. The molecule has 1 saturated heterocycles. The third-order valence-corrected chi connectivity index (χ3v) is 3.47. The van der Waals surface area contributed by atoms with Crippen molar-refractivity contribution in [3.63, 3.8) is 0 Å². The number of nitriles is 1. The van der Waals surface area contributed by atoms with Crippen molar-refractivity contribution in [2.24, 2.45) is 0 Å². The van der Waals surface area contributed by atoms with Crippen LogP contribution in [0.2, 0.25) is 0 Å². The molecule has 0 bridgehead atoms. The van der Waals surface area contributed by atoms with Gasteiger partial charge < -0.3 is 9.47 Å². The first-order valence-corrected chi connectivity index (χ1v) is 6.14. The second-order valence-corrected chi connectivity index (χ2v) is 4.47. The highest BCUT2D eigenvalue weighted by molar-refractivity contribution is 5.46. The lowest BCUT2D eigenvalue weighted by atomic mass is 9.83. The smallest absolute Gasteiger partial charge is 0.161 e. The summed E-state index contributed by atoms with van der Waals surface area (Å²) in [6.07, 6.45) is 3.02. The molecule has 1 aromatic carbocycles. The van der Waals surface area contributed by atoms with Crippen molar-refractivity contribution >= 4 is 0 Å². The fraction of sp³-hybridized carbons (Fsp3) is 0.500. The summed E-state index contributed by atoms with van der Waals surface area (Å²) in [6.45, 7) is 0.877. The second-order valence-electron chi connectivity index (χ2n) is 4.47. The minimum atomic E-state index is -0.586. The van der Waals surface area contributed by atoms with Crippen LogP contribution in [0.4, 0.5) is 0 Å². The Morgan fingerprint density at radius 2 is 2.00 bits per heavy atom. The van der Waals surface area contributed by atoms with Gasteiger partial charge in [-0.05, 0) is 43.5 Å². The van der Waals surface area contributed by atoms with Gasteiger partial charge in [-0.2, -0.15) is 5.26 Å². The number of rotatable bonds is 3. The first-order valence-electron chi connectivity index (χ1n) is 6.14. The number of piperidine rings is 1. The molecule has 1 heterocycles. The number of nitrogens with one attached hydrogen (secondary N) is 1. The summed E-state index contributed by atoms with van der Waals surface area (Å²) in [4.78, 5) is 0. The maximum absolute atomic E-state index is 9.50. The first-order chi connectivity index (χ1) is 8.75. The van der Waals surface area contributed by atoms with Gasteiger partial charge in [0, 0.05) is 0 Å². The Bertz CT molecular complexity index is 459. The quantitative estimate of drug-likeness (QED) is 0.888. The molecule has 1 N–H and O–H groups in total. The standard InChI is InChI=1S/C14H18N2O2/c1-17-12-6-5-11(9-13(12)18-2)14(10-15)7-3-4-8-16-14/h5-6,9,16H,3-4,7-8H2,1-2H3. The van der Waals surface area contributed by atoms with E-state index in [-0.39, 0.29) is 0 Å². The maximum atomic E-state index is 9.50. The largest absolute Gasteiger partial charge is 0.493 e. The van der Waals surface area contributed by atoms with E-state index in [4.69, 9.17) is 9.47 Å². The summed E-state index contributed by atoms with van der Waals surface area (Å²) in [7, 11) is 3.21. The van der Waals surface area contributed by atoms with Gasteiger partial charge in [0.25, 0.3) is 0 Å². The Morgan fingerprint density at radius 3 is 2.56 bits per heavy atom. The van der Waals surface area contributed by atoms with Crippen LogP contribution in [0.5, 0.6) is 11.5 Å². The molecule has 96 valence electrons. The average Bonchev–Trinajstić information content (AvgIpc) is 2.47. The van der Waals surface area contributed by atoms with E-state index in [0.29, 0.717) is 11.5 Å². The second kappa shape index (κ2) is 5.28. The van der Waals surface area contributed by atoms with Crippen LogP contribution in [-0.4, -0.2) is 20.8 Å². The van der Waals surface area contributed by atoms with Gasteiger partial charge in [-0.3, -0.25) is 5.32 Å². The molecule has 0 aliphatic carbocycles. The molecule has 0 saturated carbocycles. The summed E-state index contributed by atoms with van der Waals surface area (Å²) in [5.41, 5.74) is 0.361. The highest BCUT2D eigenvalue weighted by Gasteiger charge is 2.34. The molecule has 1 aliphatic heterocycles. The van der Waals surface area contributed by atoms with E-state index in [2.05, 4.69) is 11.4 Å². The van der Waals surface area contributed by atoms with Crippen molar-refractivity contribution in [1.29, 1.82) is 5.26 Å². The molecule has 2 rings (SSSR count). The number of methoxy groups -OCH3 is 2. The summed E-state index contributed by atoms with van der Waals surface area (Å²) in [6, 6.07) is 8.09. The summed E-state index contributed by atoms with van der Waals surface area (Å²) >= 11 is 0. The van der Waals surface area contributed by atoms with E-state index in [1.54, 1.807) is 14.2 Å². The number of hydrogen-bond donors (Lipinski definition) is 1.